The summed E-state index contributed by atoms with van der Waals surface area (Å²) in [7, 11) is 1.92. The normalized spacial score (nSPS) is 12.9. The molecular formula is C15H19N5. The van der Waals surface area contributed by atoms with Crippen LogP contribution in [0.15, 0.2) is 36.7 Å². The Morgan fingerprint density at radius 2 is 2.10 bits per heavy atom. The van der Waals surface area contributed by atoms with Crippen LogP contribution in [-0.2, 0) is 13.5 Å². The van der Waals surface area contributed by atoms with E-state index in [0.29, 0.717) is 6.54 Å². The van der Waals surface area contributed by atoms with Crippen LogP contribution in [0.5, 0.6) is 0 Å². The fraction of sp³-hybridized carbons (Fsp3) is 0.333. The highest BCUT2D eigenvalue weighted by Gasteiger charge is 2.19. The van der Waals surface area contributed by atoms with Crippen LogP contribution in [0.2, 0.25) is 0 Å². The lowest BCUT2D eigenvalue weighted by Gasteiger charge is -2.18. The average molecular weight is 269 g/mol. The molecule has 2 aromatic heterocycles. The van der Waals surface area contributed by atoms with Gasteiger partial charge in [0.2, 0.25) is 0 Å². The molecule has 0 aliphatic heterocycles. The number of fused-ring (bicyclic) bond motifs is 1. The third-order valence-corrected chi connectivity index (χ3v) is 3.63. The number of aromatic nitrogens is 4. The molecule has 0 radical (unpaired) electrons. The fourth-order valence-corrected chi connectivity index (χ4v) is 2.69. The van der Waals surface area contributed by atoms with Crippen molar-refractivity contribution in [3.8, 4) is 0 Å². The number of hydrogen-bond donors (Lipinski definition) is 1. The molecule has 1 aromatic carbocycles. The lowest BCUT2D eigenvalue weighted by molar-refractivity contribution is 0.583. The van der Waals surface area contributed by atoms with Crippen LogP contribution < -0.4 is 5.73 Å². The van der Waals surface area contributed by atoms with Gasteiger partial charge < -0.3 is 10.3 Å². The summed E-state index contributed by atoms with van der Waals surface area (Å²) in [5.41, 5.74) is 9.30. The first-order valence-corrected chi connectivity index (χ1v) is 6.89. The minimum Gasteiger partial charge on any atom is -0.328 e. The highest BCUT2D eigenvalue weighted by Crippen LogP contribution is 2.25. The molecule has 0 fully saturated rings. The second-order valence-electron chi connectivity index (χ2n) is 4.94. The molecule has 0 saturated carbocycles. The van der Waals surface area contributed by atoms with E-state index >= 15 is 0 Å². The van der Waals surface area contributed by atoms with Gasteiger partial charge in [0.15, 0.2) is 0 Å². The second-order valence-corrected chi connectivity index (χ2v) is 4.94. The highest BCUT2D eigenvalue weighted by molar-refractivity contribution is 5.76. The summed E-state index contributed by atoms with van der Waals surface area (Å²) >= 11 is 0. The number of imidazole rings is 1. The van der Waals surface area contributed by atoms with Gasteiger partial charge in [0, 0.05) is 31.8 Å². The molecule has 0 aliphatic carbocycles. The first-order chi connectivity index (χ1) is 9.74. The third-order valence-electron chi connectivity index (χ3n) is 3.63. The molecule has 20 heavy (non-hydrogen) atoms. The molecular weight excluding hydrogens is 250 g/mol. The summed E-state index contributed by atoms with van der Waals surface area (Å²) in [4.78, 5) is 4.71. The van der Waals surface area contributed by atoms with Gasteiger partial charge in [-0.3, -0.25) is 4.68 Å². The molecule has 0 amide bonds. The van der Waals surface area contributed by atoms with E-state index < -0.39 is 0 Å². The monoisotopic (exact) mass is 269 g/mol. The Morgan fingerprint density at radius 1 is 1.30 bits per heavy atom. The number of aryl methyl sites for hydroxylation is 2. The topological polar surface area (TPSA) is 61.7 Å². The van der Waals surface area contributed by atoms with Crippen LogP contribution in [0.3, 0.4) is 0 Å². The molecule has 0 aliphatic rings. The van der Waals surface area contributed by atoms with E-state index in [1.54, 1.807) is 0 Å². The van der Waals surface area contributed by atoms with Gasteiger partial charge in [-0.1, -0.05) is 19.1 Å². The predicted octanol–water partition coefficient (Wildman–Crippen LogP) is 1.88. The number of nitrogens with zero attached hydrogens (tertiary/aromatic N) is 4. The molecule has 2 N–H and O–H groups in total. The number of nitrogens with two attached hydrogens (primary N) is 1. The smallest absolute Gasteiger partial charge is 0.110 e. The van der Waals surface area contributed by atoms with Gasteiger partial charge in [0.05, 0.1) is 23.3 Å². The molecule has 0 bridgehead atoms. The minimum atomic E-state index is 0.0750. The third kappa shape index (κ3) is 2.00. The molecule has 3 rings (SSSR count). The van der Waals surface area contributed by atoms with Crippen molar-refractivity contribution in [1.29, 1.82) is 0 Å². The van der Waals surface area contributed by atoms with E-state index in [-0.39, 0.29) is 6.04 Å². The summed E-state index contributed by atoms with van der Waals surface area (Å²) in [5, 5.41) is 4.26. The van der Waals surface area contributed by atoms with Crippen molar-refractivity contribution in [3.05, 3.63) is 48.0 Å². The standard InChI is InChI=1S/C15H19N5/c1-3-15-18-12-6-4-5-7-13(12)20(15)14(8-16)11-9-17-19(2)10-11/h4-7,9-10,14H,3,8,16H2,1-2H3. The van der Waals surface area contributed by atoms with Gasteiger partial charge in [0.25, 0.3) is 0 Å². The summed E-state index contributed by atoms with van der Waals surface area (Å²) in [6.45, 7) is 2.65. The molecule has 0 spiro atoms. The van der Waals surface area contributed by atoms with Gasteiger partial charge in [0.1, 0.15) is 5.82 Å². The lowest BCUT2D eigenvalue weighted by Crippen LogP contribution is -2.21. The van der Waals surface area contributed by atoms with Crippen molar-refractivity contribution in [2.45, 2.75) is 19.4 Å². The van der Waals surface area contributed by atoms with Crippen molar-refractivity contribution >= 4 is 11.0 Å². The van der Waals surface area contributed by atoms with E-state index in [0.717, 1.165) is 28.8 Å². The Hall–Kier alpha value is -2.14. The van der Waals surface area contributed by atoms with Crippen molar-refractivity contribution in [2.24, 2.45) is 12.8 Å². The molecule has 2 heterocycles. The Kier molecular flexibility index (Phi) is 3.28. The number of hydrogen-bond acceptors (Lipinski definition) is 3. The molecule has 5 nitrogen and oxygen atoms in total. The zero-order valence-corrected chi connectivity index (χ0v) is 11.8. The SMILES string of the molecule is CCc1nc2ccccc2n1C(CN)c1cnn(C)c1. The molecule has 104 valence electrons. The zero-order chi connectivity index (χ0) is 14.1. The predicted molar refractivity (Wildman–Crippen MR) is 79.5 cm³/mol. The summed E-state index contributed by atoms with van der Waals surface area (Å²) < 4.78 is 4.05. The first kappa shape index (κ1) is 12.9. The summed E-state index contributed by atoms with van der Waals surface area (Å²) in [5.74, 6) is 1.06. The van der Waals surface area contributed by atoms with E-state index in [2.05, 4.69) is 22.7 Å². The van der Waals surface area contributed by atoms with Crippen LogP contribution in [0.4, 0.5) is 0 Å². The number of rotatable bonds is 4. The van der Waals surface area contributed by atoms with Crippen molar-refractivity contribution in [1.82, 2.24) is 19.3 Å². The molecule has 1 unspecified atom stereocenters. The lowest BCUT2D eigenvalue weighted by atomic mass is 10.1. The van der Waals surface area contributed by atoms with Crippen LogP contribution >= 0.6 is 0 Å². The molecule has 3 aromatic rings. The Bertz CT molecular complexity index is 725. The highest BCUT2D eigenvalue weighted by atomic mass is 15.2. The van der Waals surface area contributed by atoms with E-state index in [1.165, 1.54) is 0 Å². The van der Waals surface area contributed by atoms with Gasteiger partial charge in [-0.2, -0.15) is 5.10 Å². The summed E-state index contributed by atoms with van der Waals surface area (Å²) in [6, 6.07) is 8.27. The Balaban J connectivity index is 2.20. The van der Waals surface area contributed by atoms with Gasteiger partial charge >= 0.3 is 0 Å². The fourth-order valence-electron chi connectivity index (χ4n) is 2.69. The molecule has 0 saturated heterocycles. The zero-order valence-electron chi connectivity index (χ0n) is 11.8. The van der Waals surface area contributed by atoms with Crippen LogP contribution in [0.1, 0.15) is 24.4 Å². The van der Waals surface area contributed by atoms with Crippen LogP contribution in [-0.4, -0.2) is 25.9 Å². The van der Waals surface area contributed by atoms with Crippen LogP contribution in [0.25, 0.3) is 11.0 Å². The maximum Gasteiger partial charge on any atom is 0.110 e. The van der Waals surface area contributed by atoms with Crippen molar-refractivity contribution in [2.75, 3.05) is 6.54 Å². The van der Waals surface area contributed by atoms with Crippen molar-refractivity contribution in [3.63, 3.8) is 0 Å². The van der Waals surface area contributed by atoms with Gasteiger partial charge in [-0.05, 0) is 12.1 Å². The minimum absolute atomic E-state index is 0.0750. The quantitative estimate of drug-likeness (QED) is 0.786. The van der Waals surface area contributed by atoms with E-state index in [9.17, 15) is 0 Å². The maximum absolute atomic E-state index is 6.03. The van der Waals surface area contributed by atoms with Crippen molar-refractivity contribution < 1.29 is 0 Å². The Labute approximate surface area is 118 Å². The van der Waals surface area contributed by atoms with Crippen LogP contribution in [0, 0.1) is 0 Å². The number of benzene rings is 1. The number of para-hydroxylation sites is 2. The largest absolute Gasteiger partial charge is 0.328 e. The first-order valence-electron chi connectivity index (χ1n) is 6.89. The summed E-state index contributed by atoms with van der Waals surface area (Å²) in [6.07, 6.45) is 4.78. The Morgan fingerprint density at radius 3 is 2.75 bits per heavy atom. The maximum atomic E-state index is 6.03. The average Bonchev–Trinajstić information content (AvgIpc) is 3.05. The second kappa shape index (κ2) is 5.09. The molecule has 5 heteroatoms. The van der Waals surface area contributed by atoms with Gasteiger partial charge in [-0.15, -0.1) is 0 Å². The van der Waals surface area contributed by atoms with E-state index in [1.807, 2.05) is 42.3 Å². The van der Waals surface area contributed by atoms with E-state index in [4.69, 9.17) is 10.7 Å². The molecule has 1 atom stereocenters. The van der Waals surface area contributed by atoms with Gasteiger partial charge in [-0.25, -0.2) is 4.98 Å².